The zero-order chi connectivity index (χ0) is 23.1. The van der Waals surface area contributed by atoms with E-state index in [0.29, 0.717) is 10.9 Å². The van der Waals surface area contributed by atoms with Crippen molar-refractivity contribution < 1.29 is 27.4 Å². The lowest BCUT2D eigenvalue weighted by Gasteiger charge is -2.15. The summed E-state index contributed by atoms with van der Waals surface area (Å²) in [7, 11) is 1.47. The molecule has 0 spiro atoms. The second-order valence-corrected chi connectivity index (χ2v) is 7.51. The molecule has 3 N–H and O–H groups in total. The summed E-state index contributed by atoms with van der Waals surface area (Å²) in [6.45, 7) is 0.361. The van der Waals surface area contributed by atoms with Crippen LogP contribution in [0, 0.1) is 0 Å². The first kappa shape index (κ1) is 23.5. The molecule has 170 valence electrons. The summed E-state index contributed by atoms with van der Waals surface area (Å²) < 4.78 is 50.9. The van der Waals surface area contributed by atoms with Gasteiger partial charge in [0, 0.05) is 12.7 Å². The molecule has 3 aromatic rings. The highest BCUT2D eigenvalue weighted by atomic mass is 32.2. The molecule has 0 fully saturated rings. The van der Waals surface area contributed by atoms with Crippen molar-refractivity contribution in [3.8, 4) is 17.0 Å². The normalized spacial score (nSPS) is 11.4. The minimum atomic E-state index is -4.56. The number of carbonyl (C=O) groups is 1. The van der Waals surface area contributed by atoms with Crippen molar-refractivity contribution in [3.05, 3.63) is 60.3 Å². The number of nitrogens with two attached hydrogens (primary N) is 1. The number of hydrogen-bond donors (Lipinski definition) is 2. The molecule has 2 aromatic carbocycles. The van der Waals surface area contributed by atoms with Gasteiger partial charge in [0.2, 0.25) is 5.91 Å². The number of nitrogens with one attached hydrogen (secondary N) is 1. The molecule has 1 heterocycles. The summed E-state index contributed by atoms with van der Waals surface area (Å²) in [5.74, 6) is 5.39. The van der Waals surface area contributed by atoms with Crippen LogP contribution >= 0.6 is 11.8 Å². The smallest absolute Gasteiger partial charge is 0.416 e. The number of ether oxygens (including phenoxy) is 2. The van der Waals surface area contributed by atoms with Crippen LogP contribution in [-0.4, -0.2) is 41.6 Å². The Balaban J connectivity index is 1.69. The molecule has 0 saturated heterocycles. The molecule has 0 aliphatic heterocycles. The van der Waals surface area contributed by atoms with E-state index in [2.05, 4.69) is 10.3 Å². The number of imidazole rings is 1. The molecule has 0 unspecified atom stereocenters. The second-order valence-electron chi connectivity index (χ2n) is 6.57. The van der Waals surface area contributed by atoms with Crippen LogP contribution in [0.1, 0.15) is 5.56 Å². The average Bonchev–Trinajstić information content (AvgIpc) is 3.14. The Morgan fingerprint density at radius 2 is 1.94 bits per heavy atom. The highest BCUT2D eigenvalue weighted by Crippen LogP contribution is 2.35. The van der Waals surface area contributed by atoms with Crippen molar-refractivity contribution in [2.45, 2.75) is 11.3 Å². The average molecular weight is 466 g/mol. The van der Waals surface area contributed by atoms with Crippen molar-refractivity contribution in [1.82, 2.24) is 9.66 Å². The Hall–Kier alpha value is -3.18. The van der Waals surface area contributed by atoms with Crippen molar-refractivity contribution in [3.63, 3.8) is 0 Å². The molecule has 0 bridgehead atoms. The molecule has 1 amide bonds. The Kier molecular flexibility index (Phi) is 7.65. The van der Waals surface area contributed by atoms with Crippen molar-refractivity contribution in [2.75, 3.05) is 37.2 Å². The van der Waals surface area contributed by atoms with Gasteiger partial charge in [0.1, 0.15) is 12.4 Å². The van der Waals surface area contributed by atoms with Crippen molar-refractivity contribution in [2.24, 2.45) is 0 Å². The Morgan fingerprint density at radius 1 is 1.19 bits per heavy atom. The number of carbonyl (C=O) groups excluding carboxylic acids is 1. The maximum Gasteiger partial charge on any atom is 0.416 e. The summed E-state index contributed by atoms with van der Waals surface area (Å²) in [4.78, 5) is 16.9. The number of anilines is 1. The fourth-order valence-electron chi connectivity index (χ4n) is 2.71. The van der Waals surface area contributed by atoms with Gasteiger partial charge in [-0.1, -0.05) is 42.1 Å². The third-order valence-electron chi connectivity index (χ3n) is 4.23. The first-order valence-corrected chi connectivity index (χ1v) is 10.4. The SMILES string of the molecule is COCCOc1ccc(C(F)(F)F)cc1NC(=O)CSc1nc(-c2ccccc2)cn1N. The number of amides is 1. The lowest BCUT2D eigenvalue weighted by Crippen LogP contribution is -2.17. The van der Waals surface area contributed by atoms with E-state index in [9.17, 15) is 18.0 Å². The van der Waals surface area contributed by atoms with Crippen LogP contribution in [0.25, 0.3) is 11.3 Å². The topological polar surface area (TPSA) is 91.4 Å². The number of alkyl halides is 3. The van der Waals surface area contributed by atoms with Crippen LogP contribution in [0.5, 0.6) is 5.75 Å². The molecule has 0 radical (unpaired) electrons. The summed E-state index contributed by atoms with van der Waals surface area (Å²) in [5.41, 5.74) is 0.527. The van der Waals surface area contributed by atoms with Gasteiger partial charge in [-0.05, 0) is 18.2 Å². The molecule has 11 heteroatoms. The highest BCUT2D eigenvalue weighted by Gasteiger charge is 2.31. The van der Waals surface area contributed by atoms with Gasteiger partial charge in [0.15, 0.2) is 5.16 Å². The third-order valence-corrected chi connectivity index (χ3v) is 5.19. The number of rotatable bonds is 9. The van der Waals surface area contributed by atoms with Crippen molar-refractivity contribution >= 4 is 23.4 Å². The van der Waals surface area contributed by atoms with Crippen LogP contribution in [0.4, 0.5) is 18.9 Å². The van der Waals surface area contributed by atoms with Gasteiger partial charge in [-0.2, -0.15) is 13.2 Å². The zero-order valence-corrected chi connectivity index (χ0v) is 17.9. The number of methoxy groups -OCH3 is 1. The summed E-state index contributed by atoms with van der Waals surface area (Å²) in [6.07, 6.45) is -2.93. The number of nitrogen functional groups attached to an aromatic ring is 1. The predicted octanol–water partition coefficient (Wildman–Crippen LogP) is 4.04. The second kappa shape index (κ2) is 10.4. The van der Waals surface area contributed by atoms with E-state index in [4.69, 9.17) is 15.3 Å². The fraction of sp³-hybridized carbons (Fsp3) is 0.238. The Labute approximate surface area is 186 Å². The van der Waals surface area contributed by atoms with E-state index in [1.165, 1.54) is 17.9 Å². The minimum Gasteiger partial charge on any atom is -0.489 e. The van der Waals surface area contributed by atoms with Crippen LogP contribution in [0.3, 0.4) is 0 Å². The van der Waals surface area contributed by atoms with Gasteiger partial charge < -0.3 is 20.6 Å². The molecule has 7 nitrogen and oxygen atoms in total. The number of aromatic nitrogens is 2. The number of hydrogen-bond acceptors (Lipinski definition) is 6. The maximum absolute atomic E-state index is 13.1. The van der Waals surface area contributed by atoms with E-state index in [1.54, 1.807) is 6.20 Å². The van der Waals surface area contributed by atoms with Gasteiger partial charge in [0.05, 0.1) is 35.5 Å². The minimum absolute atomic E-state index is 0.0809. The number of nitrogens with zero attached hydrogens (tertiary/aromatic N) is 2. The van der Waals surface area contributed by atoms with E-state index in [0.717, 1.165) is 29.5 Å². The monoisotopic (exact) mass is 466 g/mol. The van der Waals surface area contributed by atoms with E-state index >= 15 is 0 Å². The molecule has 32 heavy (non-hydrogen) atoms. The Morgan fingerprint density at radius 3 is 2.62 bits per heavy atom. The molecular formula is C21H21F3N4O3S. The summed E-state index contributed by atoms with van der Waals surface area (Å²) in [5, 5.41) is 2.86. The number of benzene rings is 2. The first-order chi connectivity index (χ1) is 15.3. The number of halogens is 3. The van der Waals surface area contributed by atoms with Crippen LogP contribution in [-0.2, 0) is 15.7 Å². The van der Waals surface area contributed by atoms with Gasteiger partial charge in [-0.15, -0.1) is 0 Å². The zero-order valence-electron chi connectivity index (χ0n) is 17.1. The predicted molar refractivity (Wildman–Crippen MR) is 116 cm³/mol. The highest BCUT2D eigenvalue weighted by molar-refractivity contribution is 7.99. The molecule has 0 saturated carbocycles. The third kappa shape index (κ3) is 6.17. The van der Waals surface area contributed by atoms with E-state index in [-0.39, 0.29) is 30.4 Å². The Bertz CT molecular complexity index is 1060. The van der Waals surface area contributed by atoms with Gasteiger partial charge >= 0.3 is 6.18 Å². The van der Waals surface area contributed by atoms with E-state index in [1.807, 2.05) is 30.3 Å². The van der Waals surface area contributed by atoms with Crippen LogP contribution in [0.15, 0.2) is 59.9 Å². The van der Waals surface area contributed by atoms with Gasteiger partial charge in [-0.25, -0.2) is 9.66 Å². The van der Waals surface area contributed by atoms with Crippen LogP contribution in [0.2, 0.25) is 0 Å². The molecule has 0 atom stereocenters. The molecule has 0 aliphatic carbocycles. The van der Waals surface area contributed by atoms with Gasteiger partial charge in [0.25, 0.3) is 0 Å². The standard InChI is InChI=1S/C21H21F3N4O3S/c1-30-9-10-31-18-8-7-15(21(22,23)24)11-16(18)26-19(29)13-32-20-27-17(12-28(20)25)14-5-3-2-4-6-14/h2-8,11-12H,9-10,13,25H2,1H3,(H,26,29). The molecular weight excluding hydrogens is 445 g/mol. The molecule has 1 aromatic heterocycles. The fourth-order valence-corrected chi connectivity index (χ4v) is 3.41. The maximum atomic E-state index is 13.1. The molecule has 3 rings (SSSR count). The quantitative estimate of drug-likeness (QED) is 0.281. The lowest BCUT2D eigenvalue weighted by molar-refractivity contribution is -0.137. The lowest BCUT2D eigenvalue weighted by atomic mass is 10.1. The number of thioether (sulfide) groups is 1. The largest absolute Gasteiger partial charge is 0.489 e. The molecule has 0 aliphatic rings. The van der Waals surface area contributed by atoms with Crippen LogP contribution < -0.4 is 15.9 Å². The first-order valence-electron chi connectivity index (χ1n) is 9.43. The van der Waals surface area contributed by atoms with E-state index < -0.39 is 17.6 Å². The summed E-state index contributed by atoms with van der Waals surface area (Å²) >= 11 is 1.06. The van der Waals surface area contributed by atoms with Gasteiger partial charge in [-0.3, -0.25) is 4.79 Å². The summed E-state index contributed by atoms with van der Waals surface area (Å²) in [6, 6.07) is 12.3. The van der Waals surface area contributed by atoms with Crippen molar-refractivity contribution in [1.29, 1.82) is 0 Å².